The SMILES string of the molecule is CC(C)c1ccc(C(C)N(CCN(C)C)CC(=O)O)cc1. The summed E-state index contributed by atoms with van der Waals surface area (Å²) in [6.07, 6.45) is 0. The van der Waals surface area contributed by atoms with E-state index in [9.17, 15) is 4.79 Å². The van der Waals surface area contributed by atoms with Crippen molar-refractivity contribution >= 4 is 5.97 Å². The van der Waals surface area contributed by atoms with Crippen molar-refractivity contribution in [3.8, 4) is 0 Å². The summed E-state index contributed by atoms with van der Waals surface area (Å²) in [5.74, 6) is -0.266. The van der Waals surface area contributed by atoms with Crippen LogP contribution in [0, 0.1) is 0 Å². The number of carboxylic acid groups (broad SMARTS) is 1. The molecule has 0 heterocycles. The molecule has 0 spiro atoms. The standard InChI is InChI=1S/C17H28N2O2/c1-13(2)15-6-8-16(9-7-15)14(3)19(12-17(20)21)11-10-18(4)5/h6-9,13-14H,10-12H2,1-5H3,(H,20,21). The van der Waals surface area contributed by atoms with Crippen molar-refractivity contribution in [1.82, 2.24) is 9.80 Å². The average Bonchev–Trinajstić information content (AvgIpc) is 2.42. The quantitative estimate of drug-likeness (QED) is 0.800. The third-order valence-corrected chi connectivity index (χ3v) is 3.81. The van der Waals surface area contributed by atoms with E-state index in [2.05, 4.69) is 49.9 Å². The molecule has 0 fully saturated rings. The van der Waals surface area contributed by atoms with Gasteiger partial charge in [-0.1, -0.05) is 38.1 Å². The first kappa shape index (κ1) is 17.7. The van der Waals surface area contributed by atoms with Gasteiger partial charge >= 0.3 is 5.97 Å². The molecule has 4 heteroatoms. The third kappa shape index (κ3) is 5.86. The second-order valence-electron chi connectivity index (χ2n) is 6.16. The molecule has 0 aliphatic carbocycles. The highest BCUT2D eigenvalue weighted by atomic mass is 16.4. The second kappa shape index (κ2) is 8.15. The summed E-state index contributed by atoms with van der Waals surface area (Å²) >= 11 is 0. The van der Waals surface area contributed by atoms with E-state index in [1.54, 1.807) is 0 Å². The average molecular weight is 292 g/mol. The number of carboxylic acids is 1. The Kier molecular flexibility index (Phi) is 6.85. The van der Waals surface area contributed by atoms with Crippen molar-refractivity contribution in [2.24, 2.45) is 0 Å². The summed E-state index contributed by atoms with van der Waals surface area (Å²) < 4.78 is 0. The monoisotopic (exact) mass is 292 g/mol. The van der Waals surface area contributed by atoms with Crippen molar-refractivity contribution in [3.63, 3.8) is 0 Å². The number of aliphatic carboxylic acids is 1. The number of hydrogen-bond donors (Lipinski definition) is 1. The van der Waals surface area contributed by atoms with Crippen molar-refractivity contribution < 1.29 is 9.90 Å². The molecule has 118 valence electrons. The van der Waals surface area contributed by atoms with Gasteiger partial charge in [0.15, 0.2) is 0 Å². The first-order valence-corrected chi connectivity index (χ1v) is 7.51. The fraction of sp³-hybridized carbons (Fsp3) is 0.588. The fourth-order valence-electron chi connectivity index (χ4n) is 2.28. The van der Waals surface area contributed by atoms with Crippen LogP contribution in [-0.2, 0) is 4.79 Å². The van der Waals surface area contributed by atoms with Gasteiger partial charge in [-0.15, -0.1) is 0 Å². The predicted molar refractivity (Wildman–Crippen MR) is 86.7 cm³/mol. The Hall–Kier alpha value is -1.39. The molecule has 0 saturated heterocycles. The highest BCUT2D eigenvalue weighted by Gasteiger charge is 2.18. The molecule has 1 unspecified atom stereocenters. The number of rotatable bonds is 8. The molecule has 21 heavy (non-hydrogen) atoms. The van der Waals surface area contributed by atoms with Crippen LogP contribution in [0.25, 0.3) is 0 Å². The molecule has 0 bridgehead atoms. The maximum absolute atomic E-state index is 11.1. The number of carbonyl (C=O) groups is 1. The van der Waals surface area contributed by atoms with Gasteiger partial charge in [0.05, 0.1) is 6.54 Å². The summed E-state index contributed by atoms with van der Waals surface area (Å²) in [7, 11) is 4.00. The van der Waals surface area contributed by atoms with Crippen LogP contribution >= 0.6 is 0 Å². The Morgan fingerprint density at radius 2 is 1.57 bits per heavy atom. The highest BCUT2D eigenvalue weighted by molar-refractivity contribution is 5.69. The minimum atomic E-state index is -0.778. The van der Waals surface area contributed by atoms with Crippen molar-refractivity contribution in [3.05, 3.63) is 35.4 Å². The van der Waals surface area contributed by atoms with Crippen LogP contribution in [0.15, 0.2) is 24.3 Å². The highest BCUT2D eigenvalue weighted by Crippen LogP contribution is 2.22. The predicted octanol–water partition coefficient (Wildman–Crippen LogP) is 2.82. The summed E-state index contributed by atoms with van der Waals surface area (Å²) in [6.45, 7) is 8.08. The fourth-order valence-corrected chi connectivity index (χ4v) is 2.28. The third-order valence-electron chi connectivity index (χ3n) is 3.81. The maximum atomic E-state index is 11.1. The van der Waals surface area contributed by atoms with Gasteiger partial charge in [-0.3, -0.25) is 9.69 Å². The van der Waals surface area contributed by atoms with Gasteiger partial charge in [0.1, 0.15) is 0 Å². The molecular weight excluding hydrogens is 264 g/mol. The van der Waals surface area contributed by atoms with E-state index < -0.39 is 5.97 Å². The van der Waals surface area contributed by atoms with E-state index >= 15 is 0 Å². The van der Waals surface area contributed by atoms with Crippen LogP contribution in [0.2, 0.25) is 0 Å². The Bertz CT molecular complexity index is 441. The summed E-state index contributed by atoms with van der Waals surface area (Å²) in [5, 5.41) is 9.11. The number of hydrogen-bond acceptors (Lipinski definition) is 3. The van der Waals surface area contributed by atoms with Crippen molar-refractivity contribution in [2.45, 2.75) is 32.7 Å². The zero-order valence-corrected chi connectivity index (χ0v) is 13.8. The lowest BCUT2D eigenvalue weighted by Gasteiger charge is -2.29. The molecular formula is C17H28N2O2. The van der Waals surface area contributed by atoms with Gasteiger partial charge in [0.25, 0.3) is 0 Å². The number of benzene rings is 1. The van der Waals surface area contributed by atoms with E-state index in [4.69, 9.17) is 5.11 Å². The lowest BCUT2D eigenvalue weighted by atomic mass is 9.99. The normalized spacial score (nSPS) is 13.1. The first-order valence-electron chi connectivity index (χ1n) is 7.51. The molecule has 1 aromatic carbocycles. The van der Waals surface area contributed by atoms with Gasteiger partial charge in [0, 0.05) is 19.1 Å². The van der Waals surface area contributed by atoms with Crippen LogP contribution in [0.4, 0.5) is 0 Å². The molecule has 0 aliphatic rings. The molecule has 0 amide bonds. The van der Waals surface area contributed by atoms with Crippen molar-refractivity contribution in [1.29, 1.82) is 0 Å². The van der Waals surface area contributed by atoms with E-state index in [1.165, 1.54) is 11.1 Å². The lowest BCUT2D eigenvalue weighted by Crippen LogP contribution is -2.37. The van der Waals surface area contributed by atoms with Crippen LogP contribution in [0.1, 0.15) is 43.9 Å². The number of likely N-dealkylation sites (N-methyl/N-ethyl adjacent to an activating group) is 1. The second-order valence-corrected chi connectivity index (χ2v) is 6.16. The Morgan fingerprint density at radius 1 is 1.05 bits per heavy atom. The lowest BCUT2D eigenvalue weighted by molar-refractivity contribution is -0.138. The van der Waals surface area contributed by atoms with Gasteiger partial charge < -0.3 is 10.0 Å². The Labute approximate surface area is 128 Å². The van der Waals surface area contributed by atoms with Crippen LogP contribution < -0.4 is 0 Å². The molecule has 0 aromatic heterocycles. The summed E-state index contributed by atoms with van der Waals surface area (Å²) in [6, 6.07) is 8.61. The zero-order valence-electron chi connectivity index (χ0n) is 13.8. The van der Waals surface area contributed by atoms with E-state index in [0.29, 0.717) is 5.92 Å². The first-order chi connectivity index (χ1) is 9.81. The molecule has 1 N–H and O–H groups in total. The molecule has 0 aliphatic heterocycles. The molecule has 1 rings (SSSR count). The topological polar surface area (TPSA) is 43.8 Å². The van der Waals surface area contributed by atoms with Crippen molar-refractivity contribution in [2.75, 3.05) is 33.7 Å². The summed E-state index contributed by atoms with van der Waals surface area (Å²) in [4.78, 5) is 15.2. The van der Waals surface area contributed by atoms with Gasteiger partial charge in [-0.05, 0) is 38.1 Å². The van der Waals surface area contributed by atoms with Gasteiger partial charge in [-0.2, -0.15) is 0 Å². The smallest absolute Gasteiger partial charge is 0.317 e. The molecule has 0 saturated carbocycles. The van der Waals surface area contributed by atoms with Gasteiger partial charge in [0.2, 0.25) is 0 Å². The summed E-state index contributed by atoms with van der Waals surface area (Å²) in [5.41, 5.74) is 2.48. The molecule has 1 aromatic rings. The van der Waals surface area contributed by atoms with Gasteiger partial charge in [-0.25, -0.2) is 0 Å². The molecule has 4 nitrogen and oxygen atoms in total. The molecule has 1 atom stereocenters. The minimum absolute atomic E-state index is 0.0704. The van der Waals surface area contributed by atoms with Crippen LogP contribution in [-0.4, -0.2) is 54.6 Å². The van der Waals surface area contributed by atoms with E-state index in [1.807, 2.05) is 19.0 Å². The molecule has 0 radical (unpaired) electrons. The largest absolute Gasteiger partial charge is 0.480 e. The van der Waals surface area contributed by atoms with E-state index in [0.717, 1.165) is 13.1 Å². The van der Waals surface area contributed by atoms with E-state index in [-0.39, 0.29) is 12.6 Å². The van der Waals surface area contributed by atoms with Crippen LogP contribution in [0.3, 0.4) is 0 Å². The zero-order chi connectivity index (χ0) is 16.0. The Morgan fingerprint density at radius 3 is 2.00 bits per heavy atom. The number of nitrogens with zero attached hydrogens (tertiary/aromatic N) is 2. The Balaban J connectivity index is 2.82. The minimum Gasteiger partial charge on any atom is -0.480 e. The maximum Gasteiger partial charge on any atom is 0.317 e. The van der Waals surface area contributed by atoms with Crippen LogP contribution in [0.5, 0.6) is 0 Å².